The van der Waals surface area contributed by atoms with Crippen molar-refractivity contribution < 1.29 is 13.9 Å². The van der Waals surface area contributed by atoms with Gasteiger partial charge in [-0.05, 0) is 61.4 Å². The number of amides is 1. The minimum absolute atomic E-state index is 0.190. The van der Waals surface area contributed by atoms with E-state index in [1.165, 1.54) is 12.3 Å². The van der Waals surface area contributed by atoms with E-state index >= 15 is 0 Å². The monoisotopic (exact) mass is 508 g/mol. The molecule has 1 atom stereocenters. The van der Waals surface area contributed by atoms with Gasteiger partial charge in [-0.2, -0.15) is 5.26 Å². The molecule has 1 aromatic carbocycles. The Kier molecular flexibility index (Phi) is 5.97. The van der Waals surface area contributed by atoms with Gasteiger partial charge in [-0.3, -0.25) is 14.8 Å². The minimum atomic E-state index is -0.849. The summed E-state index contributed by atoms with van der Waals surface area (Å²) in [6, 6.07) is 14.6. The second-order valence-corrected chi connectivity index (χ2v) is 9.94. The Balaban J connectivity index is 1.21. The molecular formula is C29H25FN6O2. The molecule has 190 valence electrons. The maximum Gasteiger partial charge on any atom is 0.253 e. The van der Waals surface area contributed by atoms with Crippen molar-refractivity contribution in [2.45, 2.75) is 31.9 Å². The van der Waals surface area contributed by atoms with Gasteiger partial charge in [-0.25, -0.2) is 9.37 Å². The number of benzene rings is 1. The number of halogens is 1. The molecule has 4 aromatic rings. The van der Waals surface area contributed by atoms with Crippen LogP contribution in [0.15, 0.2) is 54.9 Å². The third-order valence-corrected chi connectivity index (χ3v) is 7.16. The average Bonchev–Trinajstić information content (AvgIpc) is 2.90. The predicted molar refractivity (Wildman–Crippen MR) is 140 cm³/mol. The fourth-order valence-electron chi connectivity index (χ4n) is 4.80. The zero-order valence-corrected chi connectivity index (χ0v) is 20.9. The molecule has 38 heavy (non-hydrogen) atoms. The number of nitriles is 1. The van der Waals surface area contributed by atoms with Crippen LogP contribution in [0.3, 0.4) is 0 Å². The smallest absolute Gasteiger partial charge is 0.253 e. The molecule has 3 aromatic heterocycles. The first-order valence-electron chi connectivity index (χ1n) is 12.5. The Morgan fingerprint density at radius 3 is 2.84 bits per heavy atom. The van der Waals surface area contributed by atoms with Crippen LogP contribution in [0.4, 0.5) is 10.1 Å². The number of pyridine rings is 3. The highest BCUT2D eigenvalue weighted by molar-refractivity contribution is 5.94. The van der Waals surface area contributed by atoms with Crippen molar-refractivity contribution in [1.82, 2.24) is 20.3 Å². The van der Waals surface area contributed by atoms with E-state index in [-0.39, 0.29) is 24.9 Å². The molecule has 0 saturated carbocycles. The Labute approximate surface area is 219 Å². The number of fused-ring (bicyclic) bond motifs is 2. The molecular weight excluding hydrogens is 483 g/mol. The van der Waals surface area contributed by atoms with Crippen molar-refractivity contribution >= 4 is 22.5 Å². The first-order valence-corrected chi connectivity index (χ1v) is 12.5. The van der Waals surface area contributed by atoms with Crippen LogP contribution in [0.25, 0.3) is 22.2 Å². The van der Waals surface area contributed by atoms with E-state index < -0.39 is 5.41 Å². The van der Waals surface area contributed by atoms with Gasteiger partial charge in [0.2, 0.25) is 0 Å². The lowest BCUT2D eigenvalue weighted by Gasteiger charge is -2.33. The van der Waals surface area contributed by atoms with Crippen molar-refractivity contribution in [2.75, 3.05) is 24.6 Å². The number of aromatic nitrogens is 3. The van der Waals surface area contributed by atoms with Crippen molar-refractivity contribution in [3.05, 3.63) is 83.2 Å². The van der Waals surface area contributed by atoms with Crippen LogP contribution in [0.2, 0.25) is 0 Å². The Morgan fingerprint density at radius 1 is 1.18 bits per heavy atom. The molecule has 0 radical (unpaired) electrons. The number of nitrogens with zero attached hydrogens (tertiary/aromatic N) is 5. The lowest BCUT2D eigenvalue weighted by molar-refractivity contribution is 0.0726. The van der Waals surface area contributed by atoms with Crippen molar-refractivity contribution in [2.24, 2.45) is 0 Å². The van der Waals surface area contributed by atoms with Gasteiger partial charge in [0.15, 0.2) is 0 Å². The second kappa shape index (κ2) is 9.47. The second-order valence-electron chi connectivity index (χ2n) is 9.94. The quantitative estimate of drug-likeness (QED) is 0.429. The van der Waals surface area contributed by atoms with Crippen LogP contribution in [0.1, 0.15) is 40.7 Å². The minimum Gasteiger partial charge on any atom is -0.373 e. The SMILES string of the molecule is C[C@@]1(C#N)COCc2ncc(C(=O)NCc3cc4nc(-c5cc(F)cc(N6CCC6)c5)ccc4cn3)cc21. The van der Waals surface area contributed by atoms with Gasteiger partial charge >= 0.3 is 0 Å². The third kappa shape index (κ3) is 4.44. The maximum atomic E-state index is 14.4. The topological polar surface area (TPSA) is 104 Å². The van der Waals surface area contributed by atoms with Crippen molar-refractivity contribution in [3.8, 4) is 17.3 Å². The number of hydrogen-bond donors (Lipinski definition) is 1. The van der Waals surface area contributed by atoms with E-state index in [4.69, 9.17) is 9.72 Å². The molecule has 0 spiro atoms. The number of nitrogens with one attached hydrogen (secondary N) is 1. The zero-order valence-electron chi connectivity index (χ0n) is 20.9. The normalized spacial score (nSPS) is 18.4. The van der Waals surface area contributed by atoms with E-state index in [2.05, 4.69) is 26.3 Å². The van der Waals surface area contributed by atoms with Gasteiger partial charge in [0.05, 0.1) is 54.0 Å². The van der Waals surface area contributed by atoms with Gasteiger partial charge in [0.1, 0.15) is 11.2 Å². The van der Waals surface area contributed by atoms with Gasteiger partial charge in [-0.15, -0.1) is 0 Å². The van der Waals surface area contributed by atoms with Crippen molar-refractivity contribution in [3.63, 3.8) is 0 Å². The summed E-state index contributed by atoms with van der Waals surface area (Å²) in [5.74, 6) is -0.599. The van der Waals surface area contributed by atoms with Crippen LogP contribution in [-0.4, -0.2) is 40.6 Å². The molecule has 1 fully saturated rings. The predicted octanol–water partition coefficient (Wildman–Crippen LogP) is 4.28. The molecule has 6 rings (SSSR count). The van der Waals surface area contributed by atoms with Crippen molar-refractivity contribution in [1.29, 1.82) is 5.26 Å². The molecule has 2 aliphatic heterocycles. The first kappa shape index (κ1) is 23.9. The van der Waals surface area contributed by atoms with Crippen LogP contribution < -0.4 is 10.2 Å². The number of carbonyl (C=O) groups is 1. The molecule has 8 nitrogen and oxygen atoms in total. The number of carbonyl (C=O) groups excluding carboxylic acids is 1. The van der Waals surface area contributed by atoms with E-state index in [9.17, 15) is 14.4 Å². The number of ether oxygens (including phenoxy) is 1. The van der Waals surface area contributed by atoms with Crippen LogP contribution in [0, 0.1) is 17.1 Å². The van der Waals surface area contributed by atoms with Gasteiger partial charge < -0.3 is 15.0 Å². The fourth-order valence-corrected chi connectivity index (χ4v) is 4.80. The highest BCUT2D eigenvalue weighted by Gasteiger charge is 2.34. The average molecular weight is 509 g/mol. The molecule has 9 heteroatoms. The largest absolute Gasteiger partial charge is 0.373 e. The highest BCUT2D eigenvalue weighted by Crippen LogP contribution is 2.32. The van der Waals surface area contributed by atoms with Crippen LogP contribution >= 0.6 is 0 Å². The van der Waals surface area contributed by atoms with Crippen LogP contribution in [-0.2, 0) is 23.3 Å². The summed E-state index contributed by atoms with van der Waals surface area (Å²) in [5.41, 5.74) is 4.51. The van der Waals surface area contributed by atoms with E-state index in [1.54, 1.807) is 25.3 Å². The van der Waals surface area contributed by atoms with Gasteiger partial charge in [-0.1, -0.05) is 0 Å². The summed E-state index contributed by atoms with van der Waals surface area (Å²) in [7, 11) is 0. The molecule has 1 N–H and O–H groups in total. The van der Waals surface area contributed by atoms with Gasteiger partial charge in [0, 0.05) is 42.1 Å². The highest BCUT2D eigenvalue weighted by atomic mass is 19.1. The van der Waals surface area contributed by atoms with E-state index in [0.29, 0.717) is 40.3 Å². The standard InChI is InChI=1S/C29H25FN6O2/c1-29(16-31)17-38-15-27-24(29)9-20(13-33-27)28(37)34-14-22-11-26-18(12-32-22)3-4-25(35-26)19-7-21(30)10-23(8-19)36-5-2-6-36/h3-4,7-13H,2,5-6,14-15,17H2,1H3,(H,34,37)/t29-/m1/s1. The first-order chi connectivity index (χ1) is 18.4. The molecule has 0 unspecified atom stereocenters. The molecule has 0 aliphatic carbocycles. The lowest BCUT2D eigenvalue weighted by Crippen LogP contribution is -2.37. The summed E-state index contributed by atoms with van der Waals surface area (Å²) in [6.07, 6.45) is 4.32. The molecule has 1 amide bonds. The zero-order chi connectivity index (χ0) is 26.3. The lowest BCUT2D eigenvalue weighted by atomic mass is 9.82. The summed E-state index contributed by atoms with van der Waals surface area (Å²) in [4.78, 5) is 28.6. The summed E-state index contributed by atoms with van der Waals surface area (Å²) >= 11 is 0. The maximum absolute atomic E-state index is 14.4. The third-order valence-electron chi connectivity index (χ3n) is 7.16. The fraction of sp³-hybridized carbons (Fsp3) is 0.276. The summed E-state index contributed by atoms with van der Waals surface area (Å²) < 4.78 is 19.8. The number of anilines is 1. The molecule has 5 heterocycles. The molecule has 2 aliphatic rings. The Morgan fingerprint density at radius 2 is 2.05 bits per heavy atom. The van der Waals surface area contributed by atoms with Crippen LogP contribution in [0.5, 0.6) is 0 Å². The summed E-state index contributed by atoms with van der Waals surface area (Å²) in [6.45, 7) is 4.42. The molecule has 1 saturated heterocycles. The Hall–Kier alpha value is -4.42. The Bertz CT molecular complexity index is 1610. The van der Waals surface area contributed by atoms with E-state index in [0.717, 1.165) is 36.1 Å². The van der Waals surface area contributed by atoms with Gasteiger partial charge in [0.25, 0.3) is 5.91 Å². The molecule has 0 bridgehead atoms. The number of rotatable bonds is 5. The van der Waals surface area contributed by atoms with E-state index in [1.807, 2.05) is 24.3 Å². The number of hydrogen-bond acceptors (Lipinski definition) is 7. The summed E-state index contributed by atoms with van der Waals surface area (Å²) in [5, 5.41) is 13.4.